The van der Waals surface area contributed by atoms with Gasteiger partial charge in [-0.15, -0.1) is 0 Å². The molecule has 0 aromatic carbocycles. The van der Waals surface area contributed by atoms with E-state index in [0.29, 0.717) is 0 Å². The third kappa shape index (κ3) is 32.9. The highest BCUT2D eigenvalue weighted by molar-refractivity contribution is 3.88. The van der Waals surface area contributed by atoms with Gasteiger partial charge in [0.25, 0.3) is 21.6 Å². The van der Waals surface area contributed by atoms with Crippen molar-refractivity contribution in [3.05, 3.63) is 0 Å². The van der Waals surface area contributed by atoms with Gasteiger partial charge in [-0.3, -0.25) is 0 Å². The van der Waals surface area contributed by atoms with Gasteiger partial charge in [-0.1, -0.05) is 0 Å². The van der Waals surface area contributed by atoms with Crippen LogP contribution in [0.1, 0.15) is 13.8 Å². The summed E-state index contributed by atoms with van der Waals surface area (Å²) in [5.74, 6) is 0. The molecule has 0 aliphatic carbocycles. The maximum absolute atomic E-state index is 9.34. The quantitative estimate of drug-likeness (QED) is 0.486. The Bertz CT molecular complexity index is 70.9. The van der Waals surface area contributed by atoms with Crippen molar-refractivity contribution in [3.63, 3.8) is 0 Å². The van der Waals surface area contributed by atoms with Gasteiger partial charge < -0.3 is 24.1 Å². The number of halogens is 2. The second-order valence-electron chi connectivity index (χ2n) is 1.17. The molecule has 7 nitrogen and oxygen atoms in total. The lowest BCUT2D eigenvalue weighted by Crippen LogP contribution is -2.34. The third-order valence-electron chi connectivity index (χ3n) is 0.396. The van der Waals surface area contributed by atoms with Crippen LogP contribution in [0.5, 0.6) is 0 Å². The van der Waals surface area contributed by atoms with Crippen molar-refractivity contribution in [2.75, 3.05) is 13.2 Å². The van der Waals surface area contributed by atoms with E-state index in [4.69, 9.17) is 0 Å². The van der Waals surface area contributed by atoms with E-state index in [0.717, 1.165) is 0 Å². The van der Waals surface area contributed by atoms with Crippen molar-refractivity contribution < 1.29 is 54.3 Å². The maximum Gasteiger partial charge on any atom is 0.285 e. The summed E-state index contributed by atoms with van der Waals surface area (Å²) < 4.78 is 45.2. The fourth-order valence-electron chi connectivity index (χ4n) is 0.178. The predicted molar refractivity (Wildman–Crippen MR) is 26.9 cm³/mol. The highest BCUT2D eigenvalue weighted by atomic mass is 35.6. The van der Waals surface area contributed by atoms with Crippen LogP contribution in [0, 0.1) is 21.6 Å². The smallest absolute Gasteiger partial charge is 0.285 e. The first-order valence-corrected chi connectivity index (χ1v) is 4.77. The van der Waals surface area contributed by atoms with Gasteiger partial charge in [0.05, 0.1) is 0 Å². The molecular weight excluding hydrogens is 231 g/mol. The molecule has 0 aliphatic rings. The van der Waals surface area contributed by atoms with E-state index >= 15 is 0 Å². The third-order valence-corrected chi connectivity index (χ3v) is 1.19. The molecule has 0 heterocycles. The standard InChI is InChI=1S/2C2H5ClO3.H2O/c2*1-2-6-3(4)5;/h2*2H2,1H3;1H2. The summed E-state index contributed by atoms with van der Waals surface area (Å²) in [4.78, 5) is 0. The molecule has 0 aliphatic heterocycles. The first-order chi connectivity index (χ1) is 5.54. The van der Waals surface area contributed by atoms with Gasteiger partial charge in [0.15, 0.2) is 13.2 Å². The van der Waals surface area contributed by atoms with Gasteiger partial charge in [0.2, 0.25) is 0 Å². The minimum atomic E-state index is -2.03. The number of rotatable bonds is 4. The van der Waals surface area contributed by atoms with Gasteiger partial charge in [-0.25, -0.2) is 0 Å². The highest BCUT2D eigenvalue weighted by Crippen LogP contribution is 1.71. The Kier molecular flexibility index (Phi) is 21.6. The topological polar surface area (TPSA) is 142 Å². The Balaban J connectivity index is -0.000000143. The largest absolute Gasteiger partial charge is 0.412 e. The molecule has 0 atom stereocenters. The SMILES string of the molecule is CCO[Cl+2]([O-])[O-].CCO[Cl+2]([O-])[O-].O. The fraction of sp³-hybridized carbons (Fsp3) is 1.00. The van der Waals surface area contributed by atoms with Gasteiger partial charge in [0, 0.05) is 8.58 Å². The zero-order valence-corrected chi connectivity index (χ0v) is 8.63. The highest BCUT2D eigenvalue weighted by Gasteiger charge is 1.99. The molecule has 0 spiro atoms. The molecule has 0 unspecified atom stereocenters. The minimum Gasteiger partial charge on any atom is -0.412 e. The van der Waals surface area contributed by atoms with E-state index < -0.39 is 21.6 Å². The second-order valence-corrected chi connectivity index (χ2v) is 2.37. The first-order valence-electron chi connectivity index (χ1n) is 2.92. The van der Waals surface area contributed by atoms with Crippen LogP contribution in [0.25, 0.3) is 0 Å². The maximum atomic E-state index is 9.34. The molecule has 0 radical (unpaired) electrons. The Morgan fingerprint density at radius 2 is 1.08 bits per heavy atom. The van der Waals surface area contributed by atoms with Gasteiger partial charge in [-0.05, 0) is 13.8 Å². The van der Waals surface area contributed by atoms with Gasteiger partial charge in [0.1, 0.15) is 0 Å². The van der Waals surface area contributed by atoms with Crippen molar-refractivity contribution >= 4 is 0 Å². The lowest BCUT2D eigenvalue weighted by Gasteiger charge is -1.86. The summed E-state index contributed by atoms with van der Waals surface area (Å²) in [5.41, 5.74) is 0. The van der Waals surface area contributed by atoms with E-state index in [1.54, 1.807) is 13.8 Å². The molecule has 0 bridgehead atoms. The van der Waals surface area contributed by atoms with Gasteiger partial charge >= 0.3 is 0 Å². The second kappa shape index (κ2) is 14.8. The van der Waals surface area contributed by atoms with E-state index in [1.807, 2.05) is 0 Å². The Morgan fingerprint density at radius 3 is 1.08 bits per heavy atom. The number of hydrogen-bond acceptors (Lipinski definition) is 6. The van der Waals surface area contributed by atoms with E-state index in [1.165, 1.54) is 0 Å². The Labute approximate surface area is 82.0 Å². The van der Waals surface area contributed by atoms with E-state index in [2.05, 4.69) is 8.58 Å². The summed E-state index contributed by atoms with van der Waals surface area (Å²) in [6.45, 7) is 3.60. The molecule has 9 heteroatoms. The molecule has 2 N–H and O–H groups in total. The van der Waals surface area contributed by atoms with Crippen LogP contribution in [-0.2, 0) is 8.58 Å². The monoisotopic (exact) mass is 242 g/mol. The van der Waals surface area contributed by atoms with Crippen LogP contribution >= 0.6 is 0 Å². The lowest BCUT2D eigenvalue weighted by atomic mass is 10.9. The zero-order valence-electron chi connectivity index (χ0n) is 7.12. The Morgan fingerprint density at radius 1 is 0.846 bits per heavy atom. The van der Waals surface area contributed by atoms with Gasteiger partial charge in [-0.2, -0.15) is 0 Å². The number of hydrogen-bond donors (Lipinski definition) is 0. The van der Waals surface area contributed by atoms with E-state index in [9.17, 15) is 18.6 Å². The normalized spacial score (nSPS) is 9.23. The molecule has 0 saturated carbocycles. The molecule has 0 aromatic heterocycles. The zero-order chi connectivity index (χ0) is 9.98. The minimum absolute atomic E-state index is 0. The molecule has 0 rings (SSSR count). The van der Waals surface area contributed by atoms with Crippen LogP contribution in [0.4, 0.5) is 0 Å². The fourth-order valence-corrected chi connectivity index (χ4v) is 0.535. The Hall–Kier alpha value is 0.300. The molecule has 84 valence electrons. The van der Waals surface area contributed by atoms with Crippen LogP contribution in [0.3, 0.4) is 0 Å². The summed E-state index contributed by atoms with van der Waals surface area (Å²) in [7, 11) is -4.06. The molecule has 0 saturated heterocycles. The van der Waals surface area contributed by atoms with Crippen molar-refractivity contribution in [1.29, 1.82) is 0 Å². The van der Waals surface area contributed by atoms with Crippen LogP contribution in [0.2, 0.25) is 0 Å². The molecule has 0 amide bonds. The van der Waals surface area contributed by atoms with Crippen LogP contribution in [-0.4, -0.2) is 18.7 Å². The lowest BCUT2D eigenvalue weighted by molar-refractivity contribution is -1.63. The van der Waals surface area contributed by atoms with Crippen molar-refractivity contribution in [2.24, 2.45) is 0 Å². The van der Waals surface area contributed by atoms with Crippen molar-refractivity contribution in [3.8, 4) is 0 Å². The van der Waals surface area contributed by atoms with Crippen LogP contribution in [0.15, 0.2) is 0 Å². The van der Waals surface area contributed by atoms with E-state index in [-0.39, 0.29) is 18.7 Å². The summed E-state index contributed by atoms with van der Waals surface area (Å²) in [6.07, 6.45) is 0. The predicted octanol–water partition coefficient (Wildman–Crippen LogP) is -4.61. The first kappa shape index (κ1) is 19.0. The summed E-state index contributed by atoms with van der Waals surface area (Å²) in [6, 6.07) is 0. The molecular formula is C4H12Cl2O7. The summed E-state index contributed by atoms with van der Waals surface area (Å²) in [5, 5.41) is 0. The van der Waals surface area contributed by atoms with Crippen molar-refractivity contribution in [2.45, 2.75) is 13.8 Å². The van der Waals surface area contributed by atoms with Crippen LogP contribution < -0.4 is 18.6 Å². The molecule has 0 fully saturated rings. The average Bonchev–Trinajstić information content (AvgIpc) is 1.87. The average molecular weight is 243 g/mol. The molecule has 13 heavy (non-hydrogen) atoms. The molecule has 0 aromatic rings. The summed E-state index contributed by atoms with van der Waals surface area (Å²) >= 11 is 0. The van der Waals surface area contributed by atoms with Crippen molar-refractivity contribution in [1.82, 2.24) is 0 Å².